The number of nitrogens with zero attached hydrogens (tertiary/aromatic N) is 1. The van der Waals surface area contributed by atoms with E-state index >= 15 is 0 Å². The fraction of sp³-hybridized carbons (Fsp3) is 0.235. The Balaban J connectivity index is 2.17. The first kappa shape index (κ1) is 15.4. The molecular weight excluding hydrogens is 282 g/mol. The second kappa shape index (κ2) is 6.21. The molecule has 1 N–H and O–H groups in total. The lowest BCUT2D eigenvalue weighted by atomic mass is 9.97. The summed E-state index contributed by atoms with van der Waals surface area (Å²) in [6.07, 6.45) is 0. The zero-order chi connectivity index (χ0) is 15.5. The van der Waals surface area contributed by atoms with E-state index in [1.54, 1.807) is 31.2 Å². The Hall–Kier alpha value is -1.96. The van der Waals surface area contributed by atoms with Gasteiger partial charge in [-0.3, -0.25) is 4.21 Å². The van der Waals surface area contributed by atoms with E-state index in [1.165, 1.54) is 0 Å². The third-order valence-corrected chi connectivity index (χ3v) is 4.95. The predicted molar refractivity (Wildman–Crippen MR) is 83.2 cm³/mol. The van der Waals surface area contributed by atoms with E-state index in [2.05, 4.69) is 0 Å². The number of rotatable bonds is 4. The fourth-order valence-electron chi connectivity index (χ4n) is 2.02. The molecule has 0 spiro atoms. The maximum Gasteiger partial charge on any atom is 0.0991 e. The van der Waals surface area contributed by atoms with Crippen molar-refractivity contribution >= 4 is 10.8 Å². The number of aryl methyl sites for hydroxylation is 1. The molecule has 2 rings (SSSR count). The average Bonchev–Trinajstić information content (AvgIpc) is 2.47. The summed E-state index contributed by atoms with van der Waals surface area (Å²) in [7, 11) is -1.28. The Bertz CT molecular complexity index is 682. The molecule has 0 saturated heterocycles. The van der Waals surface area contributed by atoms with Crippen LogP contribution in [0, 0.1) is 18.3 Å². The Labute approximate surface area is 127 Å². The van der Waals surface area contributed by atoms with E-state index in [9.17, 15) is 9.32 Å². The van der Waals surface area contributed by atoms with Crippen molar-refractivity contribution in [3.8, 4) is 6.07 Å². The Kier molecular flexibility index (Phi) is 4.56. The van der Waals surface area contributed by atoms with Gasteiger partial charge in [-0.1, -0.05) is 29.8 Å². The highest BCUT2D eigenvalue weighted by Gasteiger charge is 2.26. The van der Waals surface area contributed by atoms with Crippen LogP contribution in [-0.2, 0) is 16.4 Å². The topological polar surface area (TPSA) is 61.1 Å². The molecule has 21 heavy (non-hydrogen) atoms. The van der Waals surface area contributed by atoms with Gasteiger partial charge in [0.05, 0.1) is 33.8 Å². The van der Waals surface area contributed by atoms with Gasteiger partial charge in [0.25, 0.3) is 0 Å². The van der Waals surface area contributed by atoms with Gasteiger partial charge < -0.3 is 5.11 Å². The molecule has 2 atom stereocenters. The van der Waals surface area contributed by atoms with Gasteiger partial charge in [0.1, 0.15) is 0 Å². The number of hydrogen-bond acceptors (Lipinski definition) is 3. The lowest BCUT2D eigenvalue weighted by molar-refractivity contribution is 0.0829. The maximum atomic E-state index is 12.4. The molecule has 0 aliphatic heterocycles. The molecule has 0 saturated carbocycles. The molecular formula is C17H17NO2S. The van der Waals surface area contributed by atoms with Gasteiger partial charge in [-0.2, -0.15) is 5.26 Å². The van der Waals surface area contributed by atoms with E-state index in [-0.39, 0.29) is 5.75 Å². The molecule has 0 aliphatic carbocycles. The molecule has 0 bridgehead atoms. The van der Waals surface area contributed by atoms with E-state index in [1.807, 2.05) is 37.3 Å². The van der Waals surface area contributed by atoms with Crippen molar-refractivity contribution in [1.29, 1.82) is 5.26 Å². The van der Waals surface area contributed by atoms with Crippen LogP contribution in [0.1, 0.15) is 23.6 Å². The molecule has 1 unspecified atom stereocenters. The Morgan fingerprint density at radius 3 is 2.24 bits per heavy atom. The summed E-state index contributed by atoms with van der Waals surface area (Å²) in [4.78, 5) is 0.703. The van der Waals surface area contributed by atoms with Crippen LogP contribution >= 0.6 is 0 Å². The third kappa shape index (κ3) is 3.78. The molecule has 108 valence electrons. The standard InChI is InChI=1S/C17H17NO2S/c1-13-3-9-16(10-4-13)21(20)12-17(2,19)15-7-5-14(11-18)6-8-15/h3-10,19H,12H2,1-2H3/t17-,21?/m0/s1. The van der Waals surface area contributed by atoms with Crippen LogP contribution in [0.5, 0.6) is 0 Å². The number of benzene rings is 2. The SMILES string of the molecule is Cc1ccc(S(=O)C[C@](C)(O)c2ccc(C#N)cc2)cc1. The Morgan fingerprint density at radius 2 is 1.71 bits per heavy atom. The van der Waals surface area contributed by atoms with Crippen LogP contribution in [0.4, 0.5) is 0 Å². The van der Waals surface area contributed by atoms with Crippen molar-refractivity contribution in [3.05, 3.63) is 65.2 Å². The monoisotopic (exact) mass is 299 g/mol. The van der Waals surface area contributed by atoms with Crippen molar-refractivity contribution in [2.75, 3.05) is 5.75 Å². The highest BCUT2D eigenvalue weighted by Crippen LogP contribution is 2.24. The van der Waals surface area contributed by atoms with Crippen molar-refractivity contribution in [1.82, 2.24) is 0 Å². The van der Waals surface area contributed by atoms with Gasteiger partial charge in [0.15, 0.2) is 0 Å². The zero-order valence-electron chi connectivity index (χ0n) is 12.0. The van der Waals surface area contributed by atoms with Crippen LogP contribution in [-0.4, -0.2) is 15.1 Å². The van der Waals surface area contributed by atoms with Gasteiger partial charge in [0, 0.05) is 4.90 Å². The van der Waals surface area contributed by atoms with Crippen LogP contribution in [0.2, 0.25) is 0 Å². The highest BCUT2D eigenvalue weighted by molar-refractivity contribution is 7.85. The molecule has 0 heterocycles. The largest absolute Gasteiger partial charge is 0.384 e. The first-order valence-corrected chi connectivity index (χ1v) is 7.92. The molecule has 0 aliphatic rings. The number of nitriles is 1. The third-order valence-electron chi connectivity index (χ3n) is 3.33. The minimum Gasteiger partial charge on any atom is -0.384 e. The first-order chi connectivity index (χ1) is 9.92. The van der Waals surface area contributed by atoms with Gasteiger partial charge in [-0.05, 0) is 43.7 Å². The smallest absolute Gasteiger partial charge is 0.0991 e. The highest BCUT2D eigenvalue weighted by atomic mass is 32.2. The first-order valence-electron chi connectivity index (χ1n) is 6.60. The lowest BCUT2D eigenvalue weighted by Crippen LogP contribution is -2.28. The molecule has 0 amide bonds. The van der Waals surface area contributed by atoms with Crippen LogP contribution < -0.4 is 0 Å². The quantitative estimate of drug-likeness (QED) is 0.944. The van der Waals surface area contributed by atoms with Crippen molar-refractivity contribution in [2.24, 2.45) is 0 Å². The summed E-state index contributed by atoms with van der Waals surface area (Å²) in [5.41, 5.74) is 1.09. The molecule has 4 heteroatoms. The Morgan fingerprint density at radius 1 is 1.14 bits per heavy atom. The van der Waals surface area contributed by atoms with Crippen molar-refractivity contribution in [3.63, 3.8) is 0 Å². The van der Waals surface area contributed by atoms with E-state index in [4.69, 9.17) is 5.26 Å². The second-order valence-corrected chi connectivity index (χ2v) is 6.72. The summed E-state index contributed by atoms with van der Waals surface area (Å²) in [6.45, 7) is 3.61. The maximum absolute atomic E-state index is 12.4. The second-order valence-electron chi connectivity index (χ2n) is 5.27. The summed E-state index contributed by atoms with van der Waals surface area (Å²) >= 11 is 0. The summed E-state index contributed by atoms with van der Waals surface area (Å²) in [6, 6.07) is 16.2. The summed E-state index contributed by atoms with van der Waals surface area (Å²) in [5, 5.41) is 19.3. The molecule has 3 nitrogen and oxygen atoms in total. The predicted octanol–water partition coefficient (Wildman–Crippen LogP) is 2.88. The summed E-state index contributed by atoms with van der Waals surface area (Å²) in [5.74, 6) is 0.113. The van der Waals surface area contributed by atoms with E-state index < -0.39 is 16.4 Å². The van der Waals surface area contributed by atoms with Gasteiger partial charge in [0.2, 0.25) is 0 Å². The van der Waals surface area contributed by atoms with Crippen molar-refractivity contribution in [2.45, 2.75) is 24.3 Å². The van der Waals surface area contributed by atoms with Crippen LogP contribution in [0.3, 0.4) is 0 Å². The number of hydrogen-bond donors (Lipinski definition) is 1. The lowest BCUT2D eigenvalue weighted by Gasteiger charge is -2.23. The molecule has 2 aromatic carbocycles. The molecule has 0 aromatic heterocycles. The van der Waals surface area contributed by atoms with Gasteiger partial charge >= 0.3 is 0 Å². The van der Waals surface area contributed by atoms with E-state index in [0.717, 1.165) is 5.56 Å². The normalized spacial score (nSPS) is 15.0. The zero-order valence-corrected chi connectivity index (χ0v) is 12.9. The fourth-order valence-corrected chi connectivity index (χ4v) is 3.30. The molecule has 2 aromatic rings. The van der Waals surface area contributed by atoms with Crippen LogP contribution in [0.15, 0.2) is 53.4 Å². The average molecular weight is 299 g/mol. The van der Waals surface area contributed by atoms with E-state index in [0.29, 0.717) is 16.0 Å². The minimum atomic E-state index is -1.28. The summed E-state index contributed by atoms with van der Waals surface area (Å²) < 4.78 is 12.4. The molecule has 0 radical (unpaired) electrons. The number of aliphatic hydroxyl groups is 1. The van der Waals surface area contributed by atoms with Gasteiger partial charge in [-0.25, -0.2) is 0 Å². The van der Waals surface area contributed by atoms with Gasteiger partial charge in [-0.15, -0.1) is 0 Å². The van der Waals surface area contributed by atoms with Crippen molar-refractivity contribution < 1.29 is 9.32 Å². The van der Waals surface area contributed by atoms with Crippen LogP contribution in [0.25, 0.3) is 0 Å². The molecule has 0 fully saturated rings. The minimum absolute atomic E-state index is 0.113.